The van der Waals surface area contributed by atoms with Gasteiger partial charge in [-0.2, -0.15) is 5.10 Å². The van der Waals surface area contributed by atoms with E-state index in [9.17, 15) is 14.4 Å². The van der Waals surface area contributed by atoms with Gasteiger partial charge in [-0.05, 0) is 38.8 Å². The maximum absolute atomic E-state index is 12.5. The molecule has 2 heterocycles. The van der Waals surface area contributed by atoms with E-state index in [4.69, 9.17) is 0 Å². The fourth-order valence-corrected chi connectivity index (χ4v) is 4.52. The Morgan fingerprint density at radius 3 is 2.31 bits per heavy atom. The number of fused-ring (bicyclic) bond motifs is 1. The minimum Gasteiger partial charge on any atom is -0.350 e. The molecule has 0 radical (unpaired) electrons. The van der Waals surface area contributed by atoms with Gasteiger partial charge in [-0.15, -0.1) is 0 Å². The van der Waals surface area contributed by atoms with Gasteiger partial charge < -0.3 is 5.32 Å². The zero-order valence-corrected chi connectivity index (χ0v) is 16.9. The molecule has 2 atom stereocenters. The molecule has 3 amide bonds. The van der Waals surface area contributed by atoms with Crippen LogP contribution in [0.4, 0.5) is 0 Å². The lowest BCUT2D eigenvalue weighted by atomic mass is 9.81. The third kappa shape index (κ3) is 3.57. The molecule has 4 rings (SSSR count). The average molecular weight is 394 g/mol. The van der Waals surface area contributed by atoms with Gasteiger partial charge in [0.1, 0.15) is 6.54 Å². The fourth-order valence-electron chi connectivity index (χ4n) is 4.52. The summed E-state index contributed by atoms with van der Waals surface area (Å²) in [6.07, 6.45) is 3.46. The van der Waals surface area contributed by atoms with Gasteiger partial charge in [0.05, 0.1) is 23.2 Å². The number of aryl methyl sites for hydroxylation is 1. The summed E-state index contributed by atoms with van der Waals surface area (Å²) in [5.74, 6) is -1.13. The SMILES string of the molecule is Cc1nn(-c2ccccc2)c(C)c1CNC(=O)CN1C(=O)C2CCCCC2C1=O. The van der Waals surface area contributed by atoms with Crippen molar-refractivity contribution in [3.05, 3.63) is 47.3 Å². The molecule has 0 bridgehead atoms. The predicted octanol–water partition coefficient (Wildman–Crippen LogP) is 2.28. The summed E-state index contributed by atoms with van der Waals surface area (Å²) in [6.45, 7) is 3.99. The molecule has 1 aliphatic heterocycles. The number of nitrogens with one attached hydrogen (secondary N) is 1. The smallest absolute Gasteiger partial charge is 0.240 e. The number of hydrogen-bond acceptors (Lipinski definition) is 4. The molecular formula is C22H26N4O3. The van der Waals surface area contributed by atoms with Crippen molar-refractivity contribution in [2.45, 2.75) is 46.1 Å². The minimum atomic E-state index is -0.323. The summed E-state index contributed by atoms with van der Waals surface area (Å²) < 4.78 is 1.86. The van der Waals surface area contributed by atoms with Gasteiger partial charge in [-0.25, -0.2) is 4.68 Å². The van der Waals surface area contributed by atoms with E-state index in [2.05, 4.69) is 10.4 Å². The standard InChI is InChI=1S/C22H26N4O3/c1-14-19(15(2)26(24-14)16-8-4-3-5-9-16)12-23-20(27)13-25-21(28)17-10-6-7-11-18(17)22(25)29/h3-5,8-9,17-18H,6-7,10-13H2,1-2H3,(H,23,27). The number of carbonyl (C=O) groups is 3. The van der Waals surface area contributed by atoms with Crippen LogP contribution < -0.4 is 5.32 Å². The van der Waals surface area contributed by atoms with Crippen molar-refractivity contribution in [2.24, 2.45) is 11.8 Å². The van der Waals surface area contributed by atoms with E-state index in [0.29, 0.717) is 6.54 Å². The lowest BCUT2D eigenvalue weighted by Crippen LogP contribution is -2.40. The maximum atomic E-state index is 12.5. The summed E-state index contributed by atoms with van der Waals surface area (Å²) in [5.41, 5.74) is 3.69. The Labute approximate surface area is 170 Å². The van der Waals surface area contributed by atoms with Gasteiger partial charge in [0.2, 0.25) is 17.7 Å². The van der Waals surface area contributed by atoms with Crippen molar-refractivity contribution in [1.82, 2.24) is 20.0 Å². The number of hydrogen-bond donors (Lipinski definition) is 1. The quantitative estimate of drug-likeness (QED) is 0.789. The lowest BCUT2D eigenvalue weighted by Gasteiger charge is -2.19. The van der Waals surface area contributed by atoms with Crippen LogP contribution in [0.25, 0.3) is 5.69 Å². The van der Waals surface area contributed by atoms with Crippen LogP contribution in [-0.4, -0.2) is 38.9 Å². The molecule has 1 aromatic heterocycles. The summed E-state index contributed by atoms with van der Waals surface area (Å²) in [6, 6.07) is 9.81. The molecule has 1 saturated heterocycles. The van der Waals surface area contributed by atoms with Crippen LogP contribution in [0.3, 0.4) is 0 Å². The third-order valence-electron chi connectivity index (χ3n) is 6.14. The molecule has 2 aromatic rings. The first-order valence-corrected chi connectivity index (χ1v) is 10.2. The van der Waals surface area contributed by atoms with Crippen LogP contribution in [0.15, 0.2) is 30.3 Å². The van der Waals surface area contributed by atoms with Crippen LogP contribution in [0.5, 0.6) is 0 Å². The topological polar surface area (TPSA) is 84.3 Å². The Kier molecular flexibility index (Phi) is 5.22. The van der Waals surface area contributed by atoms with Gasteiger partial charge in [0.15, 0.2) is 0 Å². The highest BCUT2D eigenvalue weighted by Gasteiger charge is 2.48. The number of benzene rings is 1. The van der Waals surface area contributed by atoms with Crippen LogP contribution in [0, 0.1) is 25.7 Å². The zero-order chi connectivity index (χ0) is 20.5. The molecule has 2 fully saturated rings. The second-order valence-electron chi connectivity index (χ2n) is 7.93. The highest BCUT2D eigenvalue weighted by atomic mass is 16.2. The second-order valence-corrected chi connectivity index (χ2v) is 7.93. The number of para-hydroxylation sites is 1. The van der Waals surface area contributed by atoms with Crippen LogP contribution in [-0.2, 0) is 20.9 Å². The fraction of sp³-hybridized carbons (Fsp3) is 0.455. The number of likely N-dealkylation sites (tertiary alicyclic amines) is 1. The van der Waals surface area contributed by atoms with Crippen LogP contribution in [0.2, 0.25) is 0 Å². The number of amides is 3. The Balaban J connectivity index is 1.41. The predicted molar refractivity (Wildman–Crippen MR) is 107 cm³/mol. The van der Waals surface area contributed by atoms with Gasteiger partial charge in [-0.3, -0.25) is 19.3 Å². The van der Waals surface area contributed by atoms with Crippen molar-refractivity contribution in [3.63, 3.8) is 0 Å². The Morgan fingerprint density at radius 2 is 1.69 bits per heavy atom. The molecular weight excluding hydrogens is 368 g/mol. The van der Waals surface area contributed by atoms with Crippen LogP contribution in [0.1, 0.15) is 42.6 Å². The number of imide groups is 1. The molecule has 2 aliphatic rings. The van der Waals surface area contributed by atoms with Crippen molar-refractivity contribution in [2.75, 3.05) is 6.54 Å². The first-order valence-electron chi connectivity index (χ1n) is 10.2. The Hall–Kier alpha value is -2.96. The molecule has 0 spiro atoms. The highest BCUT2D eigenvalue weighted by molar-refractivity contribution is 6.07. The van der Waals surface area contributed by atoms with E-state index >= 15 is 0 Å². The van der Waals surface area contributed by atoms with Gasteiger partial charge >= 0.3 is 0 Å². The van der Waals surface area contributed by atoms with Gasteiger partial charge in [-0.1, -0.05) is 31.0 Å². The number of aromatic nitrogens is 2. The molecule has 7 nitrogen and oxygen atoms in total. The first-order chi connectivity index (χ1) is 14.0. The van der Waals surface area contributed by atoms with Crippen molar-refractivity contribution in [3.8, 4) is 5.69 Å². The summed E-state index contributed by atoms with van der Waals surface area (Å²) >= 11 is 0. The van der Waals surface area contributed by atoms with E-state index in [-0.39, 0.29) is 36.1 Å². The van der Waals surface area contributed by atoms with Crippen LogP contribution >= 0.6 is 0 Å². The van der Waals surface area contributed by atoms with E-state index < -0.39 is 0 Å². The summed E-state index contributed by atoms with van der Waals surface area (Å²) in [4.78, 5) is 38.7. The van der Waals surface area contributed by atoms with Gasteiger partial charge in [0, 0.05) is 17.8 Å². The molecule has 2 unspecified atom stereocenters. The average Bonchev–Trinajstić information content (AvgIpc) is 3.15. The molecule has 152 valence electrons. The monoisotopic (exact) mass is 394 g/mol. The third-order valence-corrected chi connectivity index (χ3v) is 6.14. The Bertz CT molecular complexity index is 926. The molecule has 29 heavy (non-hydrogen) atoms. The van der Waals surface area contributed by atoms with E-state index in [0.717, 1.165) is 53.2 Å². The first kappa shape index (κ1) is 19.4. The van der Waals surface area contributed by atoms with E-state index in [1.165, 1.54) is 0 Å². The molecule has 1 aromatic carbocycles. The minimum absolute atomic E-state index is 0.181. The lowest BCUT2D eigenvalue weighted by molar-refractivity contribution is -0.143. The summed E-state index contributed by atoms with van der Waals surface area (Å²) in [5, 5.41) is 7.44. The van der Waals surface area contributed by atoms with E-state index in [1.54, 1.807) is 0 Å². The van der Waals surface area contributed by atoms with Crippen molar-refractivity contribution < 1.29 is 14.4 Å². The largest absolute Gasteiger partial charge is 0.350 e. The molecule has 1 aliphatic carbocycles. The Morgan fingerprint density at radius 1 is 1.07 bits per heavy atom. The molecule has 1 N–H and O–H groups in total. The van der Waals surface area contributed by atoms with E-state index in [1.807, 2.05) is 48.9 Å². The number of rotatable bonds is 5. The van der Waals surface area contributed by atoms with Crippen molar-refractivity contribution >= 4 is 17.7 Å². The highest BCUT2D eigenvalue weighted by Crippen LogP contribution is 2.37. The zero-order valence-electron chi connectivity index (χ0n) is 16.9. The second kappa shape index (κ2) is 7.81. The normalized spacial score (nSPS) is 21.4. The maximum Gasteiger partial charge on any atom is 0.240 e. The summed E-state index contributed by atoms with van der Waals surface area (Å²) in [7, 11) is 0. The number of nitrogens with zero attached hydrogens (tertiary/aromatic N) is 3. The van der Waals surface area contributed by atoms with Crippen molar-refractivity contribution in [1.29, 1.82) is 0 Å². The number of carbonyl (C=O) groups excluding carboxylic acids is 3. The molecule has 7 heteroatoms. The molecule has 1 saturated carbocycles. The van der Waals surface area contributed by atoms with Gasteiger partial charge in [0.25, 0.3) is 0 Å².